The maximum absolute atomic E-state index is 12.4. The second-order valence-corrected chi connectivity index (χ2v) is 7.43. The maximum Gasteiger partial charge on any atom is 0.341 e. The first-order chi connectivity index (χ1) is 14.5. The number of aromatic carboxylic acids is 1. The summed E-state index contributed by atoms with van der Waals surface area (Å²) in [4.78, 5) is 28.3. The highest BCUT2D eigenvalue weighted by Gasteiger charge is 2.27. The lowest BCUT2D eigenvalue weighted by molar-refractivity contribution is 0.0694. The molecule has 0 spiro atoms. The number of rotatable bonds is 9. The molecule has 0 bridgehead atoms. The number of aromatic nitrogens is 2. The van der Waals surface area contributed by atoms with E-state index in [1.54, 1.807) is 17.7 Å². The zero-order valence-electron chi connectivity index (χ0n) is 17.0. The zero-order valence-corrected chi connectivity index (χ0v) is 17.8. The standard InChI is InChI=1S/C21H25ClN2O6/c1-3-4-6-13-12-30-17-10-18(29-8-5-7-28-2)20(22)23-19(17)15-9-16(25)14(21(26)27)11-24(13)15/h9-11,13H,3-8,12H2,1-2H3,(H,26,27)/t13-/m1/s1. The number of hydrogen-bond donors (Lipinski definition) is 1. The molecule has 0 saturated heterocycles. The van der Waals surface area contributed by atoms with Gasteiger partial charge in [0.05, 0.1) is 18.3 Å². The molecule has 3 heterocycles. The molecular formula is C21H25ClN2O6. The van der Waals surface area contributed by atoms with E-state index in [2.05, 4.69) is 11.9 Å². The minimum absolute atomic E-state index is 0.141. The van der Waals surface area contributed by atoms with Crippen LogP contribution in [0.25, 0.3) is 11.4 Å². The lowest BCUT2D eigenvalue weighted by Gasteiger charge is -2.20. The quantitative estimate of drug-likeness (QED) is 0.471. The van der Waals surface area contributed by atoms with Gasteiger partial charge in [-0.1, -0.05) is 31.4 Å². The van der Waals surface area contributed by atoms with Crippen LogP contribution in [0.1, 0.15) is 49.0 Å². The molecule has 162 valence electrons. The summed E-state index contributed by atoms with van der Waals surface area (Å²) >= 11 is 6.33. The molecule has 0 radical (unpaired) electrons. The fourth-order valence-corrected chi connectivity index (χ4v) is 3.56. The Bertz CT molecular complexity index is 975. The van der Waals surface area contributed by atoms with Gasteiger partial charge in [0.2, 0.25) is 0 Å². The molecule has 0 saturated carbocycles. The Balaban J connectivity index is 2.05. The second kappa shape index (κ2) is 9.95. The van der Waals surface area contributed by atoms with Gasteiger partial charge in [-0.25, -0.2) is 9.78 Å². The minimum atomic E-state index is -1.26. The van der Waals surface area contributed by atoms with Crippen LogP contribution in [0.2, 0.25) is 5.15 Å². The van der Waals surface area contributed by atoms with Crippen molar-refractivity contribution in [3.63, 3.8) is 0 Å². The Labute approximate surface area is 179 Å². The first kappa shape index (κ1) is 22.1. The Hall–Kier alpha value is -2.58. The number of pyridine rings is 2. The zero-order chi connectivity index (χ0) is 21.7. The van der Waals surface area contributed by atoms with Gasteiger partial charge in [0.15, 0.2) is 22.1 Å². The van der Waals surface area contributed by atoms with Crippen molar-refractivity contribution in [2.45, 2.75) is 38.6 Å². The van der Waals surface area contributed by atoms with E-state index in [4.69, 9.17) is 25.8 Å². The summed E-state index contributed by atoms with van der Waals surface area (Å²) in [7, 11) is 1.62. The average Bonchev–Trinajstić information content (AvgIpc) is 2.85. The molecule has 3 rings (SSSR count). The number of unbranched alkanes of at least 4 members (excludes halogenated alkanes) is 1. The van der Waals surface area contributed by atoms with Gasteiger partial charge in [-0.05, 0) is 6.42 Å². The van der Waals surface area contributed by atoms with Gasteiger partial charge in [0, 0.05) is 38.5 Å². The van der Waals surface area contributed by atoms with Crippen LogP contribution >= 0.6 is 11.6 Å². The topological polar surface area (TPSA) is 99.9 Å². The van der Waals surface area contributed by atoms with Crippen molar-refractivity contribution < 1.29 is 24.1 Å². The van der Waals surface area contributed by atoms with Gasteiger partial charge in [-0.15, -0.1) is 0 Å². The van der Waals surface area contributed by atoms with Gasteiger partial charge in [-0.2, -0.15) is 0 Å². The van der Waals surface area contributed by atoms with Crippen LogP contribution < -0.4 is 14.9 Å². The molecule has 2 aromatic rings. The average molecular weight is 437 g/mol. The molecular weight excluding hydrogens is 412 g/mol. The van der Waals surface area contributed by atoms with Crippen molar-refractivity contribution >= 4 is 17.6 Å². The Kier molecular flexibility index (Phi) is 7.33. The van der Waals surface area contributed by atoms with Gasteiger partial charge in [-0.3, -0.25) is 4.79 Å². The lowest BCUT2D eigenvalue weighted by Crippen LogP contribution is -2.23. The number of fused-ring (bicyclic) bond motifs is 3. The second-order valence-electron chi connectivity index (χ2n) is 7.07. The molecule has 1 N–H and O–H groups in total. The molecule has 0 fully saturated rings. The van der Waals surface area contributed by atoms with Crippen LogP contribution in [0.15, 0.2) is 23.1 Å². The van der Waals surface area contributed by atoms with Crippen molar-refractivity contribution in [3.05, 3.63) is 39.3 Å². The van der Waals surface area contributed by atoms with Crippen LogP contribution in [-0.4, -0.2) is 47.6 Å². The number of carbonyl (C=O) groups is 1. The van der Waals surface area contributed by atoms with Crippen LogP contribution in [0, 0.1) is 0 Å². The molecule has 0 unspecified atom stereocenters. The van der Waals surface area contributed by atoms with Gasteiger partial charge in [0.1, 0.15) is 17.9 Å². The summed E-state index contributed by atoms with van der Waals surface area (Å²) in [6.45, 7) is 3.36. The van der Waals surface area contributed by atoms with Crippen molar-refractivity contribution in [3.8, 4) is 22.9 Å². The van der Waals surface area contributed by atoms with E-state index in [0.717, 1.165) is 19.3 Å². The van der Waals surface area contributed by atoms with Gasteiger partial charge >= 0.3 is 5.97 Å². The van der Waals surface area contributed by atoms with E-state index in [1.165, 1.54) is 12.3 Å². The number of ether oxygens (including phenoxy) is 3. The Morgan fingerprint density at radius 1 is 1.37 bits per heavy atom. The van der Waals surface area contributed by atoms with E-state index >= 15 is 0 Å². The molecule has 1 aliphatic rings. The maximum atomic E-state index is 12.4. The molecule has 8 nitrogen and oxygen atoms in total. The molecule has 2 aromatic heterocycles. The summed E-state index contributed by atoms with van der Waals surface area (Å²) < 4.78 is 18.5. The highest BCUT2D eigenvalue weighted by atomic mass is 35.5. The third-order valence-electron chi connectivity index (χ3n) is 4.93. The number of methoxy groups -OCH3 is 1. The Morgan fingerprint density at radius 3 is 2.87 bits per heavy atom. The highest BCUT2D eigenvalue weighted by Crippen LogP contribution is 2.39. The smallest absolute Gasteiger partial charge is 0.341 e. The number of carboxylic acids is 1. The first-order valence-electron chi connectivity index (χ1n) is 9.91. The van der Waals surface area contributed by atoms with Crippen molar-refractivity contribution in [1.82, 2.24) is 9.55 Å². The summed E-state index contributed by atoms with van der Waals surface area (Å²) in [5, 5.41) is 9.53. The fraction of sp³-hybridized carbons (Fsp3) is 0.476. The molecule has 30 heavy (non-hydrogen) atoms. The summed E-state index contributed by atoms with van der Waals surface area (Å²) in [6, 6.07) is 2.82. The lowest BCUT2D eigenvalue weighted by atomic mass is 10.1. The van der Waals surface area contributed by atoms with E-state index in [1.807, 2.05) is 0 Å². The number of nitrogens with zero attached hydrogens (tertiary/aromatic N) is 2. The van der Waals surface area contributed by atoms with Crippen molar-refractivity contribution in [1.29, 1.82) is 0 Å². The Morgan fingerprint density at radius 2 is 2.17 bits per heavy atom. The van der Waals surface area contributed by atoms with E-state index < -0.39 is 11.4 Å². The predicted octanol–water partition coefficient (Wildman–Crippen LogP) is 3.80. The summed E-state index contributed by atoms with van der Waals surface area (Å²) in [5.41, 5.74) is -0.00902. The van der Waals surface area contributed by atoms with Crippen molar-refractivity contribution in [2.24, 2.45) is 0 Å². The number of hydrogen-bond acceptors (Lipinski definition) is 6. The van der Waals surface area contributed by atoms with Crippen LogP contribution in [-0.2, 0) is 4.74 Å². The van der Waals surface area contributed by atoms with Gasteiger partial charge < -0.3 is 23.9 Å². The molecule has 1 atom stereocenters. The van der Waals surface area contributed by atoms with Gasteiger partial charge in [0.25, 0.3) is 0 Å². The van der Waals surface area contributed by atoms with E-state index in [9.17, 15) is 14.7 Å². The monoisotopic (exact) mass is 436 g/mol. The molecule has 1 aliphatic heterocycles. The minimum Gasteiger partial charge on any atom is -0.490 e. The largest absolute Gasteiger partial charge is 0.490 e. The molecule has 0 aromatic carbocycles. The highest BCUT2D eigenvalue weighted by molar-refractivity contribution is 6.31. The van der Waals surface area contributed by atoms with Crippen molar-refractivity contribution in [2.75, 3.05) is 26.9 Å². The number of halogens is 1. The fourth-order valence-electron chi connectivity index (χ4n) is 3.37. The predicted molar refractivity (Wildman–Crippen MR) is 112 cm³/mol. The molecule has 0 aliphatic carbocycles. The summed E-state index contributed by atoms with van der Waals surface area (Å²) in [6.07, 6.45) is 4.76. The first-order valence-corrected chi connectivity index (χ1v) is 10.3. The third-order valence-corrected chi connectivity index (χ3v) is 5.20. The van der Waals surface area contributed by atoms with E-state index in [0.29, 0.717) is 49.1 Å². The molecule has 9 heteroatoms. The SMILES string of the molecule is CCCC[C@@H]1COc2cc(OCCCOC)c(Cl)nc2-c2cc(=O)c(C(=O)O)cn21. The van der Waals surface area contributed by atoms with Crippen LogP contribution in [0.4, 0.5) is 0 Å². The number of carboxylic acid groups (broad SMARTS) is 1. The summed E-state index contributed by atoms with van der Waals surface area (Å²) in [5.74, 6) is -0.438. The van der Waals surface area contributed by atoms with E-state index in [-0.39, 0.29) is 16.8 Å². The third kappa shape index (κ3) is 4.76. The molecule has 0 amide bonds. The normalized spacial score (nSPS) is 15.0. The van der Waals surface area contributed by atoms with Crippen LogP contribution in [0.3, 0.4) is 0 Å². The van der Waals surface area contributed by atoms with Crippen LogP contribution in [0.5, 0.6) is 11.5 Å².